The van der Waals surface area contributed by atoms with Crippen LogP contribution >= 0.6 is 0 Å². The minimum Gasteiger partial charge on any atom is -0.406 e. The predicted molar refractivity (Wildman–Crippen MR) is 118 cm³/mol. The molecule has 0 saturated carbocycles. The maximum absolute atomic E-state index is 12.9. The molecule has 2 fully saturated rings. The minimum atomic E-state index is -4.82. The van der Waals surface area contributed by atoms with Crippen LogP contribution in [0, 0.1) is 0 Å². The van der Waals surface area contributed by atoms with Crippen LogP contribution in [0.1, 0.15) is 34.7 Å². The molecule has 3 aromatic rings. The molecule has 0 unspecified atom stereocenters. The second-order valence-corrected chi connectivity index (χ2v) is 8.44. The van der Waals surface area contributed by atoms with Gasteiger partial charge in [-0.25, -0.2) is 9.97 Å². The summed E-state index contributed by atoms with van der Waals surface area (Å²) in [6.07, 6.45) is 0.209. The number of aromatic nitrogens is 3. The minimum absolute atomic E-state index is 0.0577. The highest BCUT2D eigenvalue weighted by Gasteiger charge is 2.32. The number of benzene rings is 1. The van der Waals surface area contributed by atoms with E-state index in [0.717, 1.165) is 23.2 Å². The van der Waals surface area contributed by atoms with Crippen LogP contribution in [0.3, 0.4) is 0 Å². The van der Waals surface area contributed by atoms with Gasteiger partial charge in [0, 0.05) is 36.6 Å². The predicted octanol–water partition coefficient (Wildman–Crippen LogP) is 3.27. The number of aromatic amines is 1. The number of hydrogen-bond donors (Lipinski definition) is 3. The van der Waals surface area contributed by atoms with Crippen molar-refractivity contribution in [1.29, 1.82) is 0 Å². The van der Waals surface area contributed by atoms with E-state index in [2.05, 4.69) is 20.0 Å². The van der Waals surface area contributed by atoms with Crippen LogP contribution in [0.2, 0.25) is 0 Å². The maximum Gasteiger partial charge on any atom is 0.573 e. The Bertz CT molecular complexity index is 1200. The van der Waals surface area contributed by atoms with Crippen molar-refractivity contribution in [3.05, 3.63) is 41.7 Å². The van der Waals surface area contributed by atoms with Crippen molar-refractivity contribution in [3.63, 3.8) is 0 Å². The Hall–Kier alpha value is -3.54. The lowest BCUT2D eigenvalue weighted by molar-refractivity contribution is -0.274. The molecule has 4 heterocycles. The lowest BCUT2D eigenvalue weighted by Gasteiger charge is -2.32. The first-order valence-electron chi connectivity index (χ1n) is 10.9. The number of rotatable bonds is 5. The normalized spacial score (nSPS) is 17.6. The zero-order valence-electron chi connectivity index (χ0n) is 18.1. The average molecular weight is 476 g/mol. The second-order valence-electron chi connectivity index (χ2n) is 8.44. The number of piperidine rings is 1. The lowest BCUT2D eigenvalue weighted by atomic mass is 9.90. The Morgan fingerprint density at radius 1 is 1.26 bits per heavy atom. The van der Waals surface area contributed by atoms with Gasteiger partial charge in [-0.05, 0) is 30.9 Å². The third-order valence-corrected chi connectivity index (χ3v) is 6.11. The molecule has 0 radical (unpaired) electrons. The molecule has 4 N–H and O–H groups in total. The molecule has 2 aliphatic rings. The number of alkyl halides is 3. The van der Waals surface area contributed by atoms with Crippen molar-refractivity contribution in [2.75, 3.05) is 37.4 Å². The Morgan fingerprint density at radius 3 is 2.68 bits per heavy atom. The van der Waals surface area contributed by atoms with Crippen molar-refractivity contribution in [3.8, 4) is 5.75 Å². The number of H-pyrrole nitrogens is 1. The Balaban J connectivity index is 1.25. The van der Waals surface area contributed by atoms with Crippen LogP contribution in [-0.2, 0) is 4.74 Å². The second kappa shape index (κ2) is 8.67. The molecule has 0 atom stereocenters. The van der Waals surface area contributed by atoms with E-state index >= 15 is 0 Å². The molecule has 180 valence electrons. The van der Waals surface area contributed by atoms with Crippen molar-refractivity contribution in [2.24, 2.45) is 0 Å². The Kier molecular flexibility index (Phi) is 5.68. The fraction of sp³-hybridized carbons (Fsp3) is 0.409. The summed E-state index contributed by atoms with van der Waals surface area (Å²) in [5.74, 6) is 0.110. The summed E-state index contributed by atoms with van der Waals surface area (Å²) in [6, 6.07) is 3.61. The van der Waals surface area contributed by atoms with Gasteiger partial charge in [0.25, 0.3) is 5.91 Å². The quantitative estimate of drug-likeness (QED) is 0.484. The molecule has 1 amide bonds. The van der Waals surface area contributed by atoms with E-state index in [0.29, 0.717) is 50.6 Å². The highest BCUT2D eigenvalue weighted by atomic mass is 19.4. The highest BCUT2D eigenvalue weighted by Crippen LogP contribution is 2.34. The van der Waals surface area contributed by atoms with E-state index in [1.54, 1.807) is 11.1 Å². The first-order chi connectivity index (χ1) is 16.3. The molecule has 2 saturated heterocycles. The van der Waals surface area contributed by atoms with E-state index < -0.39 is 12.1 Å². The summed E-state index contributed by atoms with van der Waals surface area (Å²) < 4.78 is 46.3. The molecule has 0 bridgehead atoms. The number of likely N-dealkylation sites (tertiary alicyclic amines) is 1. The van der Waals surface area contributed by atoms with Crippen molar-refractivity contribution >= 4 is 28.6 Å². The number of nitrogens with one attached hydrogen (secondary N) is 2. The molecule has 0 spiro atoms. The van der Waals surface area contributed by atoms with Crippen molar-refractivity contribution in [2.45, 2.75) is 31.2 Å². The van der Waals surface area contributed by atoms with Gasteiger partial charge in [-0.2, -0.15) is 0 Å². The smallest absolute Gasteiger partial charge is 0.406 e. The monoisotopic (exact) mass is 476 g/mol. The topological polar surface area (TPSA) is 118 Å². The van der Waals surface area contributed by atoms with Gasteiger partial charge >= 0.3 is 6.36 Å². The van der Waals surface area contributed by atoms with Crippen LogP contribution in [-0.4, -0.2) is 64.5 Å². The van der Waals surface area contributed by atoms with Crippen LogP contribution < -0.4 is 15.8 Å². The van der Waals surface area contributed by atoms with Crippen LogP contribution in [0.5, 0.6) is 5.75 Å². The number of nitrogen functional groups attached to an aromatic ring is 1. The number of ether oxygens (including phenoxy) is 2. The molecule has 0 aliphatic carbocycles. The fourth-order valence-corrected chi connectivity index (χ4v) is 4.32. The van der Waals surface area contributed by atoms with E-state index in [-0.39, 0.29) is 29.1 Å². The first kappa shape index (κ1) is 22.3. The van der Waals surface area contributed by atoms with E-state index in [1.807, 2.05) is 6.20 Å². The summed E-state index contributed by atoms with van der Waals surface area (Å²) in [5.41, 5.74) is 8.51. The summed E-state index contributed by atoms with van der Waals surface area (Å²) >= 11 is 0. The number of nitrogens with zero attached hydrogens (tertiary/aromatic N) is 3. The average Bonchev–Trinajstić information content (AvgIpc) is 3.18. The molecule has 34 heavy (non-hydrogen) atoms. The number of halogens is 3. The zero-order valence-corrected chi connectivity index (χ0v) is 18.1. The zero-order chi connectivity index (χ0) is 23.9. The fourth-order valence-electron chi connectivity index (χ4n) is 4.32. The molecular weight excluding hydrogens is 453 g/mol. The van der Waals surface area contributed by atoms with Crippen LogP contribution in [0.15, 0.2) is 30.6 Å². The largest absolute Gasteiger partial charge is 0.573 e. The van der Waals surface area contributed by atoms with Crippen LogP contribution in [0.4, 0.5) is 24.7 Å². The number of carbonyl (C=O) groups excluding carboxylic acids is 1. The number of anilines is 2. The van der Waals surface area contributed by atoms with Crippen molar-refractivity contribution < 1.29 is 27.4 Å². The standard InChI is InChI=1S/C22H23F3N6O3/c23-22(24,25)34-14-1-2-15(17(26)7-14)21(32)31-5-3-12(4-6-31)16-8-27-20-19(16)30-18(9-28-20)29-13-10-33-11-13/h1-2,7-9,12-13H,3-6,10-11,26H2,(H,27,28)(H,29,30). The Morgan fingerprint density at radius 2 is 2.03 bits per heavy atom. The van der Waals surface area contributed by atoms with Crippen molar-refractivity contribution in [1.82, 2.24) is 19.9 Å². The van der Waals surface area contributed by atoms with Gasteiger partial charge in [-0.15, -0.1) is 13.2 Å². The third kappa shape index (κ3) is 4.58. The molecule has 9 nitrogen and oxygen atoms in total. The molecule has 2 aliphatic heterocycles. The maximum atomic E-state index is 12.9. The highest BCUT2D eigenvalue weighted by molar-refractivity contribution is 5.99. The van der Waals surface area contributed by atoms with E-state index in [1.165, 1.54) is 6.07 Å². The summed E-state index contributed by atoms with van der Waals surface area (Å²) in [6.45, 7) is 2.27. The molecule has 1 aromatic carbocycles. The van der Waals surface area contributed by atoms with Gasteiger partial charge in [-0.3, -0.25) is 4.79 Å². The molecule has 12 heteroatoms. The number of amides is 1. The summed E-state index contributed by atoms with van der Waals surface area (Å²) in [7, 11) is 0. The number of hydrogen-bond acceptors (Lipinski definition) is 7. The number of fused-ring (bicyclic) bond motifs is 1. The SMILES string of the molecule is Nc1cc(OC(F)(F)F)ccc1C(=O)N1CCC(c2c[nH]c3ncc(NC4COC4)nc23)CC1. The number of nitrogens with two attached hydrogens (primary N) is 1. The molecule has 5 rings (SSSR count). The molecule has 2 aromatic heterocycles. The summed E-state index contributed by atoms with van der Waals surface area (Å²) in [4.78, 5) is 26.9. The third-order valence-electron chi connectivity index (χ3n) is 6.11. The summed E-state index contributed by atoms with van der Waals surface area (Å²) in [5, 5.41) is 3.30. The van der Waals surface area contributed by atoms with Crippen LogP contribution in [0.25, 0.3) is 11.2 Å². The van der Waals surface area contributed by atoms with Gasteiger partial charge in [-0.1, -0.05) is 0 Å². The van der Waals surface area contributed by atoms with Gasteiger partial charge in [0.05, 0.1) is 31.0 Å². The van der Waals surface area contributed by atoms with E-state index in [9.17, 15) is 18.0 Å². The number of carbonyl (C=O) groups is 1. The van der Waals surface area contributed by atoms with E-state index in [4.69, 9.17) is 15.5 Å². The Labute approximate surface area is 192 Å². The molecular formula is C22H23F3N6O3. The van der Waals surface area contributed by atoms with Gasteiger partial charge in [0.15, 0.2) is 5.65 Å². The lowest BCUT2D eigenvalue weighted by Crippen LogP contribution is -2.40. The first-order valence-corrected chi connectivity index (χ1v) is 10.9. The van der Waals surface area contributed by atoms with Gasteiger partial charge < -0.3 is 30.4 Å². The van der Waals surface area contributed by atoms with Gasteiger partial charge in [0.1, 0.15) is 17.1 Å². The van der Waals surface area contributed by atoms with Gasteiger partial charge in [0.2, 0.25) is 0 Å².